The van der Waals surface area contributed by atoms with Crippen LogP contribution in [0, 0.1) is 6.92 Å². The lowest BCUT2D eigenvalue weighted by atomic mass is 10.0. The minimum absolute atomic E-state index is 0.340. The predicted molar refractivity (Wildman–Crippen MR) is 102 cm³/mol. The third-order valence-electron chi connectivity index (χ3n) is 4.06. The molecule has 2 aromatic rings. The number of benzene rings is 1. The third-order valence-corrected chi connectivity index (χ3v) is 4.06. The van der Waals surface area contributed by atoms with E-state index in [9.17, 15) is 4.79 Å². The van der Waals surface area contributed by atoms with Crippen molar-refractivity contribution in [3.05, 3.63) is 59.0 Å². The summed E-state index contributed by atoms with van der Waals surface area (Å²) in [6.07, 6.45) is 0. The molecule has 0 saturated heterocycles. The molecule has 1 atom stereocenters. The normalized spacial score (nSPS) is 12.5. The minimum Gasteiger partial charge on any atom is -0.465 e. The Morgan fingerprint density at radius 1 is 1.27 bits per heavy atom. The van der Waals surface area contributed by atoms with Crippen molar-refractivity contribution in [2.75, 3.05) is 20.2 Å². The molecule has 2 N–H and O–H groups in total. The summed E-state index contributed by atoms with van der Waals surface area (Å²) in [6, 6.07) is 12.0. The van der Waals surface area contributed by atoms with Gasteiger partial charge in [0.1, 0.15) is 23.6 Å². The van der Waals surface area contributed by atoms with E-state index in [-0.39, 0.29) is 0 Å². The molecule has 1 aromatic carbocycles. The molecule has 1 heterocycles. The fourth-order valence-corrected chi connectivity index (χ4v) is 2.58. The van der Waals surface area contributed by atoms with Crippen LogP contribution in [0.25, 0.3) is 0 Å². The second-order valence-electron chi connectivity index (χ2n) is 6.06. The van der Waals surface area contributed by atoms with Gasteiger partial charge in [0.15, 0.2) is 5.96 Å². The van der Waals surface area contributed by atoms with E-state index < -0.39 is 5.97 Å². The highest BCUT2D eigenvalue weighted by Gasteiger charge is 2.15. The first-order valence-electron chi connectivity index (χ1n) is 8.79. The van der Waals surface area contributed by atoms with E-state index in [1.165, 1.54) is 12.7 Å². The number of aryl methyl sites for hydroxylation is 1. The maximum atomic E-state index is 11.7. The number of ether oxygens (including phenoxy) is 1. The number of hydrogen-bond acceptors (Lipinski definition) is 4. The maximum absolute atomic E-state index is 11.7. The molecule has 2 rings (SSSR count). The second-order valence-corrected chi connectivity index (χ2v) is 6.06. The Labute approximate surface area is 154 Å². The van der Waals surface area contributed by atoms with E-state index in [1.54, 1.807) is 13.0 Å². The van der Waals surface area contributed by atoms with Crippen LogP contribution in [0.4, 0.5) is 0 Å². The molecule has 1 aromatic heterocycles. The molecular weight excluding hydrogens is 330 g/mol. The van der Waals surface area contributed by atoms with Crippen LogP contribution in [0.5, 0.6) is 0 Å². The molecule has 6 heteroatoms. The molecule has 0 bridgehead atoms. The fourth-order valence-electron chi connectivity index (χ4n) is 2.58. The number of rotatable bonds is 7. The number of carbonyl (C=O) groups is 1. The van der Waals surface area contributed by atoms with E-state index in [0.717, 1.165) is 13.1 Å². The number of carbonyl (C=O) groups excluding carboxylic acids is 1. The SMILES string of the molecule is CCNC(=NCc1cc(C(=O)OC)c(C)o1)NCC(C)c1ccccc1. The highest BCUT2D eigenvalue weighted by Crippen LogP contribution is 2.16. The number of nitrogens with zero attached hydrogens (tertiary/aromatic N) is 1. The molecule has 0 fully saturated rings. The Balaban J connectivity index is 1.99. The maximum Gasteiger partial charge on any atom is 0.341 e. The van der Waals surface area contributed by atoms with Crippen molar-refractivity contribution in [1.29, 1.82) is 0 Å². The summed E-state index contributed by atoms with van der Waals surface area (Å²) in [5, 5.41) is 6.57. The van der Waals surface area contributed by atoms with Crippen LogP contribution in [0.15, 0.2) is 45.8 Å². The van der Waals surface area contributed by atoms with Crippen molar-refractivity contribution < 1.29 is 13.9 Å². The zero-order valence-corrected chi connectivity index (χ0v) is 15.8. The van der Waals surface area contributed by atoms with Crippen LogP contribution in [0.1, 0.15) is 47.2 Å². The molecule has 0 aliphatic rings. The van der Waals surface area contributed by atoms with Crippen molar-refractivity contribution in [2.45, 2.75) is 33.2 Å². The molecule has 140 valence electrons. The van der Waals surface area contributed by atoms with Crippen molar-refractivity contribution in [2.24, 2.45) is 4.99 Å². The third kappa shape index (κ3) is 5.37. The zero-order valence-electron chi connectivity index (χ0n) is 15.8. The lowest BCUT2D eigenvalue weighted by molar-refractivity contribution is 0.0599. The van der Waals surface area contributed by atoms with Gasteiger partial charge in [0.05, 0.1) is 7.11 Å². The molecular formula is C20H27N3O3. The number of methoxy groups -OCH3 is 1. The van der Waals surface area contributed by atoms with E-state index in [0.29, 0.717) is 35.5 Å². The van der Waals surface area contributed by atoms with Crippen molar-refractivity contribution in [3.63, 3.8) is 0 Å². The number of esters is 1. The summed E-state index contributed by atoms with van der Waals surface area (Å²) in [7, 11) is 1.35. The quantitative estimate of drug-likeness (QED) is 0.452. The Morgan fingerprint density at radius 2 is 2.00 bits per heavy atom. The molecule has 0 aliphatic carbocycles. The molecule has 0 amide bonds. The van der Waals surface area contributed by atoms with Gasteiger partial charge in [0.25, 0.3) is 0 Å². The summed E-state index contributed by atoms with van der Waals surface area (Å²) in [6.45, 7) is 7.79. The monoisotopic (exact) mass is 357 g/mol. The van der Waals surface area contributed by atoms with Gasteiger partial charge in [-0.1, -0.05) is 37.3 Å². The Hall–Kier alpha value is -2.76. The van der Waals surface area contributed by atoms with Crippen LogP contribution in [0.2, 0.25) is 0 Å². The first-order chi connectivity index (χ1) is 12.5. The molecule has 0 radical (unpaired) electrons. The summed E-state index contributed by atoms with van der Waals surface area (Å²) >= 11 is 0. The van der Waals surface area contributed by atoms with Crippen LogP contribution in [-0.4, -0.2) is 32.1 Å². The number of hydrogen-bond donors (Lipinski definition) is 2. The van der Waals surface area contributed by atoms with E-state index >= 15 is 0 Å². The summed E-state index contributed by atoms with van der Waals surface area (Å²) in [4.78, 5) is 16.2. The van der Waals surface area contributed by atoms with Crippen molar-refractivity contribution in [3.8, 4) is 0 Å². The van der Waals surface area contributed by atoms with Crippen molar-refractivity contribution >= 4 is 11.9 Å². The number of aliphatic imine (C=N–C) groups is 1. The van der Waals surface area contributed by atoms with Gasteiger partial charge in [-0.25, -0.2) is 9.79 Å². The first kappa shape index (κ1) is 19.6. The second kappa shape index (κ2) is 9.65. The van der Waals surface area contributed by atoms with Gasteiger partial charge < -0.3 is 19.8 Å². The smallest absolute Gasteiger partial charge is 0.341 e. The molecule has 26 heavy (non-hydrogen) atoms. The largest absolute Gasteiger partial charge is 0.465 e. The average Bonchev–Trinajstić information content (AvgIpc) is 3.04. The lowest BCUT2D eigenvalue weighted by Crippen LogP contribution is -2.39. The lowest BCUT2D eigenvalue weighted by Gasteiger charge is -2.16. The molecule has 0 saturated carbocycles. The molecule has 0 spiro atoms. The Bertz CT molecular complexity index is 738. The van der Waals surface area contributed by atoms with E-state index in [4.69, 9.17) is 9.15 Å². The zero-order chi connectivity index (χ0) is 18.9. The van der Waals surface area contributed by atoms with Gasteiger partial charge >= 0.3 is 5.97 Å². The standard InChI is InChI=1S/C20H27N3O3/c1-5-21-20(22-12-14(2)16-9-7-6-8-10-16)23-13-17-11-18(15(3)26-17)19(24)25-4/h6-11,14H,5,12-13H2,1-4H3,(H2,21,22,23). The van der Waals surface area contributed by atoms with E-state index in [1.807, 2.05) is 25.1 Å². The molecule has 6 nitrogen and oxygen atoms in total. The minimum atomic E-state index is -0.400. The first-order valence-corrected chi connectivity index (χ1v) is 8.79. The highest BCUT2D eigenvalue weighted by molar-refractivity contribution is 5.90. The van der Waals surface area contributed by atoms with Crippen molar-refractivity contribution in [1.82, 2.24) is 10.6 Å². The van der Waals surface area contributed by atoms with E-state index in [2.05, 4.69) is 34.7 Å². The van der Waals surface area contributed by atoms with Gasteiger partial charge in [-0.15, -0.1) is 0 Å². The number of guanidine groups is 1. The number of furan rings is 1. The summed E-state index contributed by atoms with van der Waals surface area (Å²) < 4.78 is 10.3. The van der Waals surface area contributed by atoms with Crippen LogP contribution >= 0.6 is 0 Å². The Kier molecular flexibility index (Phi) is 7.26. The van der Waals surface area contributed by atoms with Crippen LogP contribution in [0.3, 0.4) is 0 Å². The van der Waals surface area contributed by atoms with Crippen LogP contribution in [-0.2, 0) is 11.3 Å². The average molecular weight is 357 g/mol. The van der Waals surface area contributed by atoms with Gasteiger partial charge in [0, 0.05) is 13.1 Å². The summed E-state index contributed by atoms with van der Waals surface area (Å²) in [5.74, 6) is 1.83. The topological polar surface area (TPSA) is 75.9 Å². The number of nitrogens with one attached hydrogen (secondary N) is 2. The highest BCUT2D eigenvalue weighted by atomic mass is 16.5. The van der Waals surface area contributed by atoms with Gasteiger partial charge in [-0.3, -0.25) is 0 Å². The molecule has 0 aliphatic heterocycles. The molecule has 1 unspecified atom stereocenters. The Morgan fingerprint density at radius 3 is 2.65 bits per heavy atom. The fraction of sp³-hybridized carbons (Fsp3) is 0.400. The summed E-state index contributed by atoms with van der Waals surface area (Å²) in [5.41, 5.74) is 1.72. The predicted octanol–water partition coefficient (Wildman–Crippen LogP) is 3.23. The van der Waals surface area contributed by atoms with Gasteiger partial charge in [-0.2, -0.15) is 0 Å². The van der Waals surface area contributed by atoms with Crippen LogP contribution < -0.4 is 10.6 Å². The van der Waals surface area contributed by atoms with Gasteiger partial charge in [-0.05, 0) is 31.4 Å². The van der Waals surface area contributed by atoms with Gasteiger partial charge in [0.2, 0.25) is 0 Å².